The first-order valence-corrected chi connectivity index (χ1v) is 7.47. The third kappa shape index (κ3) is 3.57. The van der Waals surface area contributed by atoms with Crippen LogP contribution in [-0.2, 0) is 0 Å². The fourth-order valence-electron chi connectivity index (χ4n) is 2.26. The molecule has 1 amide bonds. The van der Waals surface area contributed by atoms with E-state index in [1.54, 1.807) is 24.3 Å². The Bertz CT molecular complexity index is 880. The summed E-state index contributed by atoms with van der Waals surface area (Å²) >= 11 is 0. The van der Waals surface area contributed by atoms with Gasteiger partial charge in [-0.2, -0.15) is 0 Å². The van der Waals surface area contributed by atoms with Crippen molar-refractivity contribution < 1.29 is 9.18 Å². The topological polar surface area (TPSA) is 54.0 Å². The standard InChI is InChI=1S/C19H16FN3O/c1-13-6-2-4-8-17(13)23-19(24)14-10-15(12-21-11-14)22-18-9-5-3-7-16(18)20/h2-12,22H,1H3,(H,23,24). The molecular formula is C19H16FN3O. The van der Waals surface area contributed by atoms with E-state index in [9.17, 15) is 9.18 Å². The molecule has 0 saturated heterocycles. The van der Waals surface area contributed by atoms with Crippen molar-refractivity contribution in [3.05, 3.63) is 83.9 Å². The quantitative estimate of drug-likeness (QED) is 0.742. The maximum absolute atomic E-state index is 13.7. The van der Waals surface area contributed by atoms with Gasteiger partial charge in [-0.05, 0) is 36.8 Å². The molecule has 0 radical (unpaired) electrons. The highest BCUT2D eigenvalue weighted by molar-refractivity contribution is 6.05. The summed E-state index contributed by atoms with van der Waals surface area (Å²) in [6.45, 7) is 1.92. The number of hydrogen-bond donors (Lipinski definition) is 2. The summed E-state index contributed by atoms with van der Waals surface area (Å²) < 4.78 is 13.7. The summed E-state index contributed by atoms with van der Waals surface area (Å²) in [6, 6.07) is 15.5. The zero-order chi connectivity index (χ0) is 16.9. The zero-order valence-corrected chi connectivity index (χ0v) is 13.1. The lowest BCUT2D eigenvalue weighted by molar-refractivity contribution is 0.102. The van der Waals surface area contributed by atoms with Gasteiger partial charge in [-0.1, -0.05) is 30.3 Å². The molecule has 1 heterocycles. The first kappa shape index (κ1) is 15.7. The van der Waals surface area contributed by atoms with Crippen molar-refractivity contribution in [2.24, 2.45) is 0 Å². The third-order valence-corrected chi connectivity index (χ3v) is 3.55. The molecule has 2 aromatic carbocycles. The van der Waals surface area contributed by atoms with Crippen LogP contribution in [-0.4, -0.2) is 10.9 Å². The highest BCUT2D eigenvalue weighted by Gasteiger charge is 2.09. The van der Waals surface area contributed by atoms with Crippen LogP contribution in [0, 0.1) is 12.7 Å². The number of benzene rings is 2. The van der Waals surface area contributed by atoms with Crippen molar-refractivity contribution in [1.29, 1.82) is 0 Å². The third-order valence-electron chi connectivity index (χ3n) is 3.55. The van der Waals surface area contributed by atoms with E-state index in [1.165, 1.54) is 18.5 Å². The van der Waals surface area contributed by atoms with E-state index in [2.05, 4.69) is 15.6 Å². The van der Waals surface area contributed by atoms with Gasteiger partial charge in [-0.15, -0.1) is 0 Å². The van der Waals surface area contributed by atoms with Crippen molar-refractivity contribution in [3.8, 4) is 0 Å². The first-order chi connectivity index (χ1) is 11.6. The number of rotatable bonds is 4. The van der Waals surface area contributed by atoms with E-state index in [-0.39, 0.29) is 11.7 Å². The Morgan fingerprint density at radius 2 is 1.71 bits per heavy atom. The Balaban J connectivity index is 1.79. The number of carbonyl (C=O) groups is 1. The Morgan fingerprint density at radius 1 is 1.00 bits per heavy atom. The molecule has 0 aliphatic rings. The van der Waals surface area contributed by atoms with Gasteiger partial charge >= 0.3 is 0 Å². The number of nitrogens with zero attached hydrogens (tertiary/aromatic N) is 1. The SMILES string of the molecule is Cc1ccccc1NC(=O)c1cncc(Nc2ccccc2F)c1. The number of amides is 1. The van der Waals surface area contributed by atoms with Crippen LogP contribution in [0.4, 0.5) is 21.5 Å². The van der Waals surface area contributed by atoms with Crippen molar-refractivity contribution in [3.63, 3.8) is 0 Å². The van der Waals surface area contributed by atoms with Gasteiger partial charge in [-0.3, -0.25) is 9.78 Å². The van der Waals surface area contributed by atoms with Crippen LogP contribution >= 0.6 is 0 Å². The maximum Gasteiger partial charge on any atom is 0.257 e. The van der Waals surface area contributed by atoms with Gasteiger partial charge in [0.1, 0.15) is 5.82 Å². The number of aromatic nitrogens is 1. The predicted molar refractivity (Wildman–Crippen MR) is 93.1 cm³/mol. The molecule has 0 bridgehead atoms. The molecule has 0 spiro atoms. The minimum atomic E-state index is -0.368. The zero-order valence-electron chi connectivity index (χ0n) is 13.1. The molecule has 1 aromatic heterocycles. The summed E-state index contributed by atoms with van der Waals surface area (Å²) in [7, 11) is 0. The molecule has 5 heteroatoms. The maximum atomic E-state index is 13.7. The van der Waals surface area contributed by atoms with Gasteiger partial charge < -0.3 is 10.6 Å². The summed E-state index contributed by atoms with van der Waals surface area (Å²) in [5.41, 5.74) is 2.97. The molecule has 0 fully saturated rings. The number of carbonyl (C=O) groups excluding carboxylic acids is 1. The molecule has 2 N–H and O–H groups in total. The lowest BCUT2D eigenvalue weighted by Crippen LogP contribution is -2.13. The largest absolute Gasteiger partial charge is 0.352 e. The van der Waals surface area contributed by atoms with Crippen LogP contribution in [0.3, 0.4) is 0 Å². The van der Waals surface area contributed by atoms with E-state index < -0.39 is 0 Å². The van der Waals surface area contributed by atoms with E-state index in [1.807, 2.05) is 31.2 Å². The average Bonchev–Trinajstić information content (AvgIpc) is 2.59. The van der Waals surface area contributed by atoms with Crippen molar-refractivity contribution in [1.82, 2.24) is 4.98 Å². The van der Waals surface area contributed by atoms with Gasteiger partial charge in [0.25, 0.3) is 5.91 Å². The average molecular weight is 321 g/mol. The van der Waals surface area contributed by atoms with Crippen molar-refractivity contribution in [2.75, 3.05) is 10.6 Å². The van der Waals surface area contributed by atoms with Crippen LogP contribution in [0.1, 0.15) is 15.9 Å². The van der Waals surface area contributed by atoms with Crippen molar-refractivity contribution >= 4 is 23.0 Å². The lowest BCUT2D eigenvalue weighted by atomic mass is 10.2. The second-order valence-corrected chi connectivity index (χ2v) is 5.34. The Labute approximate surface area is 139 Å². The van der Waals surface area contributed by atoms with E-state index in [0.29, 0.717) is 16.9 Å². The van der Waals surface area contributed by atoms with Crippen LogP contribution in [0.5, 0.6) is 0 Å². The summed E-state index contributed by atoms with van der Waals surface area (Å²) in [5, 5.41) is 5.77. The van der Waals surface area contributed by atoms with Gasteiger partial charge in [0, 0.05) is 11.9 Å². The van der Waals surface area contributed by atoms with Gasteiger partial charge in [0.05, 0.1) is 23.1 Å². The number of halogens is 1. The minimum Gasteiger partial charge on any atom is -0.352 e. The van der Waals surface area contributed by atoms with Crippen LogP contribution < -0.4 is 10.6 Å². The monoisotopic (exact) mass is 321 g/mol. The predicted octanol–water partition coefficient (Wildman–Crippen LogP) is 4.53. The molecule has 4 nitrogen and oxygen atoms in total. The van der Waals surface area contributed by atoms with Gasteiger partial charge in [-0.25, -0.2) is 4.39 Å². The Morgan fingerprint density at radius 3 is 2.46 bits per heavy atom. The van der Waals surface area contributed by atoms with Crippen LogP contribution in [0.25, 0.3) is 0 Å². The molecule has 3 rings (SSSR count). The lowest BCUT2D eigenvalue weighted by Gasteiger charge is -2.10. The fraction of sp³-hybridized carbons (Fsp3) is 0.0526. The fourth-order valence-corrected chi connectivity index (χ4v) is 2.26. The molecule has 0 aliphatic carbocycles. The number of aryl methyl sites for hydroxylation is 1. The smallest absolute Gasteiger partial charge is 0.257 e. The number of nitrogens with one attached hydrogen (secondary N) is 2. The van der Waals surface area contributed by atoms with Crippen molar-refractivity contribution in [2.45, 2.75) is 6.92 Å². The minimum absolute atomic E-state index is 0.269. The number of pyridine rings is 1. The molecule has 0 saturated carbocycles. The first-order valence-electron chi connectivity index (χ1n) is 7.47. The van der Waals surface area contributed by atoms with E-state index in [0.717, 1.165) is 11.3 Å². The highest BCUT2D eigenvalue weighted by atomic mass is 19.1. The molecule has 120 valence electrons. The normalized spacial score (nSPS) is 10.2. The summed E-state index contributed by atoms with van der Waals surface area (Å²) in [4.78, 5) is 16.4. The van der Waals surface area contributed by atoms with Crippen LogP contribution in [0.2, 0.25) is 0 Å². The molecule has 0 atom stereocenters. The number of anilines is 3. The molecule has 24 heavy (non-hydrogen) atoms. The van der Waals surface area contributed by atoms with Gasteiger partial charge in [0.2, 0.25) is 0 Å². The summed E-state index contributed by atoms with van der Waals surface area (Å²) in [5.74, 6) is -0.638. The second-order valence-electron chi connectivity index (χ2n) is 5.34. The van der Waals surface area contributed by atoms with E-state index in [4.69, 9.17) is 0 Å². The summed E-state index contributed by atoms with van der Waals surface area (Å²) in [6.07, 6.45) is 3.01. The molecule has 0 aliphatic heterocycles. The number of hydrogen-bond acceptors (Lipinski definition) is 3. The second kappa shape index (κ2) is 6.91. The molecular weight excluding hydrogens is 305 g/mol. The van der Waals surface area contributed by atoms with E-state index >= 15 is 0 Å². The highest BCUT2D eigenvalue weighted by Crippen LogP contribution is 2.20. The van der Waals surface area contributed by atoms with Gasteiger partial charge in [0.15, 0.2) is 0 Å². The van der Waals surface area contributed by atoms with Crippen LogP contribution in [0.15, 0.2) is 67.0 Å². The molecule has 0 unspecified atom stereocenters. The number of para-hydroxylation sites is 2. The Hall–Kier alpha value is -3.21. The molecule has 3 aromatic rings. The Kier molecular flexibility index (Phi) is 4.52.